The quantitative estimate of drug-likeness (QED) is 0.931. The van der Waals surface area contributed by atoms with Gasteiger partial charge in [0.25, 0.3) is 0 Å². The van der Waals surface area contributed by atoms with Crippen LogP contribution in [0.2, 0.25) is 0 Å². The predicted octanol–water partition coefficient (Wildman–Crippen LogP) is 2.24. The zero-order valence-corrected chi connectivity index (χ0v) is 12.7. The molecule has 2 unspecified atom stereocenters. The fourth-order valence-electron chi connectivity index (χ4n) is 2.87. The normalized spacial score (nSPS) is 24.8. The van der Waals surface area contributed by atoms with E-state index in [1.54, 1.807) is 6.07 Å². The lowest BCUT2D eigenvalue weighted by molar-refractivity contribution is 0.203. The Morgan fingerprint density at radius 3 is 2.40 bits per heavy atom. The van der Waals surface area contributed by atoms with Gasteiger partial charge in [-0.3, -0.25) is 0 Å². The molecule has 1 heterocycles. The lowest BCUT2D eigenvalue weighted by atomic mass is 10.0. The van der Waals surface area contributed by atoms with Crippen molar-refractivity contribution in [3.8, 4) is 0 Å². The van der Waals surface area contributed by atoms with Gasteiger partial charge in [-0.05, 0) is 44.4 Å². The number of sulfonamides is 1. The second kappa shape index (κ2) is 5.79. The minimum Gasteiger partial charge on any atom is -0.326 e. The van der Waals surface area contributed by atoms with E-state index in [1.165, 1.54) is 16.4 Å². The van der Waals surface area contributed by atoms with E-state index < -0.39 is 15.8 Å². The van der Waals surface area contributed by atoms with Gasteiger partial charge in [-0.15, -0.1) is 0 Å². The molecule has 0 bridgehead atoms. The molecular formula is C14H21FN2O2S. The second-order valence-corrected chi connectivity index (χ2v) is 7.24. The summed E-state index contributed by atoms with van der Waals surface area (Å²) in [5.41, 5.74) is 6.02. The highest BCUT2D eigenvalue weighted by molar-refractivity contribution is 7.89. The van der Waals surface area contributed by atoms with Crippen molar-refractivity contribution in [1.29, 1.82) is 0 Å². The molecule has 0 aromatic heterocycles. The summed E-state index contributed by atoms with van der Waals surface area (Å²) < 4.78 is 40.9. The molecule has 0 aliphatic carbocycles. The van der Waals surface area contributed by atoms with E-state index in [0.717, 1.165) is 19.3 Å². The number of rotatable bonds is 3. The van der Waals surface area contributed by atoms with Crippen LogP contribution in [0.4, 0.5) is 4.39 Å². The Bertz CT molecular complexity index is 579. The summed E-state index contributed by atoms with van der Waals surface area (Å²) in [5, 5.41) is 0. The first-order valence-electron chi connectivity index (χ1n) is 6.90. The summed E-state index contributed by atoms with van der Waals surface area (Å²) in [4.78, 5) is -0.254. The molecule has 4 nitrogen and oxygen atoms in total. The third kappa shape index (κ3) is 2.73. The molecule has 2 N–H and O–H groups in total. The van der Waals surface area contributed by atoms with Gasteiger partial charge in [0.2, 0.25) is 10.0 Å². The lowest BCUT2D eigenvalue weighted by Crippen LogP contribution is -2.47. The predicted molar refractivity (Wildman–Crippen MR) is 76.1 cm³/mol. The maximum Gasteiger partial charge on any atom is 0.246 e. The van der Waals surface area contributed by atoms with Gasteiger partial charge < -0.3 is 5.73 Å². The highest BCUT2D eigenvalue weighted by atomic mass is 32.2. The van der Waals surface area contributed by atoms with E-state index in [1.807, 2.05) is 13.8 Å². The Balaban J connectivity index is 2.44. The first-order valence-corrected chi connectivity index (χ1v) is 8.34. The molecule has 2 atom stereocenters. The first kappa shape index (κ1) is 15.4. The van der Waals surface area contributed by atoms with E-state index >= 15 is 0 Å². The summed E-state index contributed by atoms with van der Waals surface area (Å²) in [6, 6.07) is 3.89. The largest absolute Gasteiger partial charge is 0.326 e. The Labute approximate surface area is 119 Å². The van der Waals surface area contributed by atoms with Crippen molar-refractivity contribution < 1.29 is 12.8 Å². The SMILES string of the molecule is CC1CCCC(C)N1S(=O)(=O)c1ccc(CN)cc1F. The van der Waals surface area contributed by atoms with Crippen LogP contribution in [0.15, 0.2) is 23.1 Å². The van der Waals surface area contributed by atoms with Crippen LogP contribution in [0.25, 0.3) is 0 Å². The standard InChI is InChI=1S/C14H21FN2O2S/c1-10-4-3-5-11(2)17(10)20(18,19)14-7-6-12(9-16)8-13(14)15/h6-8,10-11H,3-5,9,16H2,1-2H3. The van der Waals surface area contributed by atoms with Crippen LogP contribution in [0, 0.1) is 5.82 Å². The maximum absolute atomic E-state index is 14.1. The smallest absolute Gasteiger partial charge is 0.246 e. The monoisotopic (exact) mass is 300 g/mol. The fourth-order valence-corrected chi connectivity index (χ4v) is 4.80. The molecule has 1 aromatic carbocycles. The van der Waals surface area contributed by atoms with Crippen molar-refractivity contribution in [1.82, 2.24) is 4.31 Å². The van der Waals surface area contributed by atoms with Crippen molar-refractivity contribution in [2.24, 2.45) is 5.73 Å². The topological polar surface area (TPSA) is 63.4 Å². The molecule has 0 radical (unpaired) electrons. The number of nitrogens with zero attached hydrogens (tertiary/aromatic N) is 1. The first-order chi connectivity index (χ1) is 9.37. The van der Waals surface area contributed by atoms with E-state index in [2.05, 4.69) is 0 Å². The van der Waals surface area contributed by atoms with E-state index in [9.17, 15) is 12.8 Å². The van der Waals surface area contributed by atoms with E-state index in [4.69, 9.17) is 5.73 Å². The fraction of sp³-hybridized carbons (Fsp3) is 0.571. The third-order valence-electron chi connectivity index (χ3n) is 3.90. The molecule has 0 spiro atoms. The zero-order valence-electron chi connectivity index (χ0n) is 11.8. The summed E-state index contributed by atoms with van der Waals surface area (Å²) in [7, 11) is -3.80. The summed E-state index contributed by atoms with van der Waals surface area (Å²) in [6.45, 7) is 3.94. The molecule has 1 fully saturated rings. The third-order valence-corrected chi connectivity index (χ3v) is 6.06. The minimum absolute atomic E-state index is 0.0997. The van der Waals surface area contributed by atoms with Gasteiger partial charge in [0.05, 0.1) is 0 Å². The Morgan fingerprint density at radius 2 is 1.90 bits per heavy atom. The Hall–Kier alpha value is -0.980. The van der Waals surface area contributed by atoms with Crippen LogP contribution >= 0.6 is 0 Å². The molecule has 1 aliphatic rings. The average Bonchev–Trinajstić information content (AvgIpc) is 2.37. The molecule has 0 saturated carbocycles. The molecule has 0 amide bonds. The van der Waals surface area contributed by atoms with Crippen molar-refractivity contribution in [2.45, 2.75) is 56.6 Å². The number of hydrogen-bond donors (Lipinski definition) is 1. The van der Waals surface area contributed by atoms with Gasteiger partial charge in [0, 0.05) is 18.6 Å². The van der Waals surface area contributed by atoms with Crippen LogP contribution < -0.4 is 5.73 Å². The van der Waals surface area contributed by atoms with Crippen molar-refractivity contribution in [3.63, 3.8) is 0 Å². The molecule has 112 valence electrons. The van der Waals surface area contributed by atoms with Gasteiger partial charge in [0.15, 0.2) is 0 Å². The number of nitrogens with two attached hydrogens (primary N) is 1. The summed E-state index contributed by atoms with van der Waals surface area (Å²) in [5.74, 6) is -0.724. The minimum atomic E-state index is -3.80. The molecule has 1 aromatic rings. The van der Waals surface area contributed by atoms with E-state index in [0.29, 0.717) is 5.56 Å². The average molecular weight is 300 g/mol. The molecule has 1 aliphatic heterocycles. The van der Waals surface area contributed by atoms with Gasteiger partial charge in [-0.2, -0.15) is 4.31 Å². The van der Waals surface area contributed by atoms with Crippen molar-refractivity contribution in [3.05, 3.63) is 29.6 Å². The number of halogens is 1. The van der Waals surface area contributed by atoms with Gasteiger partial charge in [-0.25, -0.2) is 12.8 Å². The van der Waals surface area contributed by atoms with Crippen LogP contribution in [-0.2, 0) is 16.6 Å². The highest BCUT2D eigenvalue weighted by Crippen LogP contribution is 2.30. The highest BCUT2D eigenvalue weighted by Gasteiger charge is 2.36. The molecule has 1 saturated heterocycles. The summed E-state index contributed by atoms with van der Waals surface area (Å²) >= 11 is 0. The van der Waals surface area contributed by atoms with Gasteiger partial charge in [-0.1, -0.05) is 12.5 Å². The maximum atomic E-state index is 14.1. The number of piperidine rings is 1. The Kier molecular flexibility index (Phi) is 4.46. The van der Waals surface area contributed by atoms with Gasteiger partial charge in [0.1, 0.15) is 10.7 Å². The van der Waals surface area contributed by atoms with Gasteiger partial charge >= 0.3 is 0 Å². The lowest BCUT2D eigenvalue weighted by Gasteiger charge is -2.37. The van der Waals surface area contributed by atoms with Crippen LogP contribution in [0.3, 0.4) is 0 Å². The summed E-state index contributed by atoms with van der Waals surface area (Å²) in [6.07, 6.45) is 2.63. The molecule has 2 rings (SSSR count). The molecule has 20 heavy (non-hydrogen) atoms. The molecular weight excluding hydrogens is 279 g/mol. The van der Waals surface area contributed by atoms with Crippen molar-refractivity contribution >= 4 is 10.0 Å². The van der Waals surface area contributed by atoms with Crippen LogP contribution in [0.5, 0.6) is 0 Å². The molecule has 6 heteroatoms. The van der Waals surface area contributed by atoms with Crippen molar-refractivity contribution in [2.75, 3.05) is 0 Å². The zero-order chi connectivity index (χ0) is 14.9. The van der Waals surface area contributed by atoms with Crippen LogP contribution in [-0.4, -0.2) is 24.8 Å². The second-order valence-electron chi connectivity index (χ2n) is 5.43. The number of benzene rings is 1. The van der Waals surface area contributed by atoms with E-state index in [-0.39, 0.29) is 23.5 Å². The van der Waals surface area contributed by atoms with Crippen LogP contribution in [0.1, 0.15) is 38.7 Å². The Morgan fingerprint density at radius 1 is 1.30 bits per heavy atom. The number of hydrogen-bond acceptors (Lipinski definition) is 3.